The van der Waals surface area contributed by atoms with Crippen LogP contribution in [-0.4, -0.2) is 9.91 Å². The Labute approximate surface area is 94.2 Å². The van der Waals surface area contributed by atoms with Gasteiger partial charge < -0.3 is 0 Å². The van der Waals surface area contributed by atoms with Crippen molar-refractivity contribution in [3.63, 3.8) is 0 Å². The standard InChI is InChI=1S/C10H7BrN2O2/c1-6-5-8(11)10(13(14)15)7-3-2-4-12-9(6)7/h2-5H,1H3. The fourth-order valence-electron chi connectivity index (χ4n) is 1.55. The van der Waals surface area contributed by atoms with E-state index in [1.807, 2.05) is 6.92 Å². The molecule has 0 unspecified atom stereocenters. The number of nitro benzene ring substituents is 1. The summed E-state index contributed by atoms with van der Waals surface area (Å²) >= 11 is 3.20. The van der Waals surface area contributed by atoms with Crippen molar-refractivity contribution in [1.82, 2.24) is 4.98 Å². The molecule has 15 heavy (non-hydrogen) atoms. The summed E-state index contributed by atoms with van der Waals surface area (Å²) in [6, 6.07) is 5.12. The van der Waals surface area contributed by atoms with Gasteiger partial charge in [0.25, 0.3) is 5.69 Å². The quantitative estimate of drug-likeness (QED) is 0.588. The first-order valence-corrected chi connectivity index (χ1v) is 5.09. The van der Waals surface area contributed by atoms with Crippen LogP contribution in [0.1, 0.15) is 5.56 Å². The van der Waals surface area contributed by atoms with E-state index in [1.54, 1.807) is 24.4 Å². The van der Waals surface area contributed by atoms with Crippen LogP contribution in [0.5, 0.6) is 0 Å². The highest BCUT2D eigenvalue weighted by atomic mass is 79.9. The Morgan fingerprint density at radius 2 is 2.27 bits per heavy atom. The maximum atomic E-state index is 10.9. The van der Waals surface area contributed by atoms with Crippen LogP contribution in [0, 0.1) is 17.0 Å². The minimum atomic E-state index is -0.395. The molecule has 0 fully saturated rings. The first-order valence-electron chi connectivity index (χ1n) is 4.29. The van der Waals surface area contributed by atoms with E-state index in [-0.39, 0.29) is 5.69 Å². The zero-order valence-electron chi connectivity index (χ0n) is 7.90. The minimum Gasteiger partial charge on any atom is -0.258 e. The summed E-state index contributed by atoms with van der Waals surface area (Å²) in [4.78, 5) is 14.6. The molecule has 0 aliphatic carbocycles. The Bertz CT molecular complexity index is 554. The Balaban J connectivity index is 2.96. The van der Waals surface area contributed by atoms with Crippen LogP contribution in [0.25, 0.3) is 10.9 Å². The van der Waals surface area contributed by atoms with Crippen molar-refractivity contribution in [3.05, 3.63) is 44.5 Å². The number of aromatic nitrogens is 1. The number of benzene rings is 1. The lowest BCUT2D eigenvalue weighted by molar-refractivity contribution is -0.383. The zero-order chi connectivity index (χ0) is 11.0. The number of pyridine rings is 1. The van der Waals surface area contributed by atoms with Crippen molar-refractivity contribution in [3.8, 4) is 0 Å². The Kier molecular flexibility index (Phi) is 2.40. The molecule has 0 saturated heterocycles. The van der Waals surface area contributed by atoms with Gasteiger partial charge in [0.2, 0.25) is 0 Å². The third-order valence-corrected chi connectivity index (χ3v) is 2.79. The van der Waals surface area contributed by atoms with Gasteiger partial charge in [0.05, 0.1) is 20.3 Å². The van der Waals surface area contributed by atoms with Gasteiger partial charge >= 0.3 is 0 Å². The lowest BCUT2D eigenvalue weighted by atomic mass is 10.1. The molecule has 2 rings (SSSR count). The van der Waals surface area contributed by atoms with Crippen molar-refractivity contribution in [1.29, 1.82) is 0 Å². The molecule has 0 saturated carbocycles. The molecule has 0 aliphatic rings. The summed E-state index contributed by atoms with van der Waals surface area (Å²) in [5, 5.41) is 11.5. The lowest BCUT2D eigenvalue weighted by Gasteiger charge is -2.03. The number of nitro groups is 1. The summed E-state index contributed by atoms with van der Waals surface area (Å²) in [5.41, 5.74) is 1.67. The van der Waals surface area contributed by atoms with Gasteiger partial charge in [-0.05, 0) is 46.6 Å². The second-order valence-electron chi connectivity index (χ2n) is 3.18. The molecule has 1 aromatic carbocycles. The van der Waals surface area contributed by atoms with Crippen LogP contribution in [0.3, 0.4) is 0 Å². The molecule has 0 bridgehead atoms. The highest BCUT2D eigenvalue weighted by molar-refractivity contribution is 9.10. The molecular weight excluding hydrogens is 260 g/mol. The fourth-order valence-corrected chi connectivity index (χ4v) is 2.25. The van der Waals surface area contributed by atoms with Crippen LogP contribution in [0.2, 0.25) is 0 Å². The summed E-state index contributed by atoms with van der Waals surface area (Å²) in [6.45, 7) is 1.88. The number of aryl methyl sites for hydroxylation is 1. The van der Waals surface area contributed by atoms with E-state index in [0.29, 0.717) is 15.4 Å². The largest absolute Gasteiger partial charge is 0.292 e. The van der Waals surface area contributed by atoms with Gasteiger partial charge in [-0.1, -0.05) is 0 Å². The molecule has 0 spiro atoms. The molecule has 0 N–H and O–H groups in total. The molecule has 1 aromatic heterocycles. The number of nitrogens with zero attached hydrogens (tertiary/aromatic N) is 2. The van der Waals surface area contributed by atoms with Crippen LogP contribution in [0.4, 0.5) is 5.69 Å². The molecule has 0 amide bonds. The summed E-state index contributed by atoms with van der Waals surface area (Å²) < 4.78 is 0.491. The normalized spacial score (nSPS) is 10.5. The summed E-state index contributed by atoms with van der Waals surface area (Å²) in [5.74, 6) is 0. The average Bonchev–Trinajstić information content (AvgIpc) is 2.17. The van der Waals surface area contributed by atoms with Crippen LogP contribution >= 0.6 is 15.9 Å². The van der Waals surface area contributed by atoms with Crippen molar-refractivity contribution >= 4 is 32.5 Å². The number of hydrogen-bond donors (Lipinski definition) is 0. The van der Waals surface area contributed by atoms with E-state index in [4.69, 9.17) is 0 Å². The predicted octanol–water partition coefficient (Wildman–Crippen LogP) is 3.21. The van der Waals surface area contributed by atoms with E-state index < -0.39 is 4.92 Å². The SMILES string of the molecule is Cc1cc(Br)c([N+](=O)[O-])c2cccnc12. The first kappa shape index (κ1) is 10.0. The summed E-state index contributed by atoms with van der Waals surface area (Å²) in [7, 11) is 0. The van der Waals surface area contributed by atoms with E-state index >= 15 is 0 Å². The third-order valence-electron chi connectivity index (χ3n) is 2.19. The molecule has 76 valence electrons. The second kappa shape index (κ2) is 3.58. The number of rotatable bonds is 1. The molecule has 4 nitrogen and oxygen atoms in total. The van der Waals surface area contributed by atoms with Gasteiger partial charge in [-0.25, -0.2) is 0 Å². The average molecular weight is 267 g/mol. The summed E-state index contributed by atoms with van der Waals surface area (Å²) in [6.07, 6.45) is 1.63. The third kappa shape index (κ3) is 1.59. The van der Waals surface area contributed by atoms with Crippen LogP contribution in [0.15, 0.2) is 28.9 Å². The van der Waals surface area contributed by atoms with E-state index in [1.165, 1.54) is 0 Å². The first-order chi connectivity index (χ1) is 7.11. The van der Waals surface area contributed by atoms with Crippen LogP contribution in [-0.2, 0) is 0 Å². The van der Waals surface area contributed by atoms with Gasteiger partial charge in [0.15, 0.2) is 0 Å². The molecule has 0 radical (unpaired) electrons. The highest BCUT2D eigenvalue weighted by Crippen LogP contribution is 2.34. The topological polar surface area (TPSA) is 56.0 Å². The Morgan fingerprint density at radius 3 is 2.93 bits per heavy atom. The maximum absolute atomic E-state index is 10.9. The smallest absolute Gasteiger partial charge is 0.258 e. The number of halogens is 1. The Hall–Kier alpha value is -1.49. The van der Waals surface area contributed by atoms with Gasteiger partial charge in [-0.2, -0.15) is 0 Å². The van der Waals surface area contributed by atoms with Crippen LogP contribution < -0.4 is 0 Å². The molecule has 0 aliphatic heterocycles. The van der Waals surface area contributed by atoms with Gasteiger partial charge in [0, 0.05) is 6.20 Å². The molecule has 0 atom stereocenters. The lowest BCUT2D eigenvalue weighted by Crippen LogP contribution is -1.93. The van der Waals surface area contributed by atoms with Crippen molar-refractivity contribution in [2.45, 2.75) is 6.92 Å². The molecule has 5 heteroatoms. The molecular formula is C10H7BrN2O2. The number of hydrogen-bond acceptors (Lipinski definition) is 3. The number of fused-ring (bicyclic) bond motifs is 1. The minimum absolute atomic E-state index is 0.0729. The maximum Gasteiger partial charge on any atom is 0.292 e. The van der Waals surface area contributed by atoms with Crippen molar-refractivity contribution < 1.29 is 4.92 Å². The molecule has 1 heterocycles. The van der Waals surface area contributed by atoms with Gasteiger partial charge in [-0.3, -0.25) is 15.1 Å². The van der Waals surface area contributed by atoms with E-state index in [9.17, 15) is 10.1 Å². The highest BCUT2D eigenvalue weighted by Gasteiger charge is 2.18. The van der Waals surface area contributed by atoms with Gasteiger partial charge in [0.1, 0.15) is 0 Å². The Morgan fingerprint density at radius 1 is 1.53 bits per heavy atom. The monoisotopic (exact) mass is 266 g/mol. The van der Waals surface area contributed by atoms with Gasteiger partial charge in [-0.15, -0.1) is 0 Å². The van der Waals surface area contributed by atoms with Crippen molar-refractivity contribution in [2.24, 2.45) is 0 Å². The fraction of sp³-hybridized carbons (Fsp3) is 0.100. The van der Waals surface area contributed by atoms with E-state index in [0.717, 1.165) is 5.56 Å². The van der Waals surface area contributed by atoms with E-state index in [2.05, 4.69) is 20.9 Å². The molecule has 2 aromatic rings. The predicted molar refractivity (Wildman–Crippen MR) is 60.8 cm³/mol. The zero-order valence-corrected chi connectivity index (χ0v) is 9.48. The van der Waals surface area contributed by atoms with Crippen molar-refractivity contribution in [2.75, 3.05) is 0 Å². The second-order valence-corrected chi connectivity index (χ2v) is 4.03.